The second-order valence-electron chi connectivity index (χ2n) is 18.1. The van der Waals surface area contributed by atoms with Crippen LogP contribution < -0.4 is 5.32 Å². The average Bonchev–Trinajstić information content (AvgIpc) is 3.24. The van der Waals surface area contributed by atoms with Gasteiger partial charge in [-0.2, -0.15) is 11.8 Å². The Morgan fingerprint density at radius 3 is 1.08 bits per heavy atom. The van der Waals surface area contributed by atoms with E-state index in [1.807, 2.05) is 0 Å². The Balaban J connectivity index is 4.59. The van der Waals surface area contributed by atoms with E-state index in [2.05, 4.69) is 26.1 Å². The molecule has 0 aliphatic heterocycles. The van der Waals surface area contributed by atoms with Crippen molar-refractivity contribution in [2.24, 2.45) is 0 Å². The number of amides is 1. The lowest BCUT2D eigenvalue weighted by Crippen LogP contribution is -2.42. The van der Waals surface area contributed by atoms with E-state index in [-0.39, 0.29) is 36.0 Å². The molecule has 0 bridgehead atoms. The van der Waals surface area contributed by atoms with Crippen LogP contribution in [-0.2, 0) is 28.7 Å². The van der Waals surface area contributed by atoms with Crippen LogP contribution in [-0.4, -0.2) is 59.2 Å². The Bertz CT molecular complexity index is 995. The molecule has 0 radical (unpaired) electrons. The normalized spacial score (nSPS) is 12.3. The van der Waals surface area contributed by atoms with Gasteiger partial charge in [0.05, 0.1) is 0 Å². The van der Waals surface area contributed by atoms with Gasteiger partial charge >= 0.3 is 17.9 Å². The second kappa shape index (κ2) is 47.7. The summed E-state index contributed by atoms with van der Waals surface area (Å²) < 4.78 is 11.4. The third-order valence-electron chi connectivity index (χ3n) is 11.9. The molecule has 0 aliphatic carbocycles. The maximum Gasteiger partial charge on any atom is 0.327 e. The minimum absolute atomic E-state index is 0.0442. The molecule has 2 atom stereocenters. The number of thioether (sulfide) groups is 1. The Morgan fingerprint density at radius 1 is 0.426 bits per heavy atom. The predicted molar refractivity (Wildman–Crippen MR) is 259 cm³/mol. The number of unbranched alkanes of at least 4 members (excludes halogenated alkanes) is 34. The van der Waals surface area contributed by atoms with Gasteiger partial charge in [0.15, 0.2) is 0 Å². The molecule has 0 fully saturated rings. The fourth-order valence-corrected chi connectivity index (χ4v) is 8.93. The first-order chi connectivity index (χ1) is 29.8. The van der Waals surface area contributed by atoms with E-state index in [9.17, 15) is 24.3 Å². The summed E-state index contributed by atoms with van der Waals surface area (Å²) in [7, 11) is 0. The molecule has 0 saturated carbocycles. The molecule has 0 aromatic rings. The van der Waals surface area contributed by atoms with Crippen LogP contribution in [0.5, 0.6) is 0 Å². The molecular formula is C52H99NO7S. The summed E-state index contributed by atoms with van der Waals surface area (Å²) in [5, 5.41) is 12.6. The molecule has 2 unspecified atom stereocenters. The van der Waals surface area contributed by atoms with Crippen LogP contribution in [0, 0.1) is 0 Å². The van der Waals surface area contributed by atoms with Crippen LogP contribution in [0.3, 0.4) is 0 Å². The van der Waals surface area contributed by atoms with Gasteiger partial charge in [-0.3, -0.25) is 14.4 Å². The molecule has 0 heterocycles. The predicted octanol–water partition coefficient (Wildman–Crippen LogP) is 15.4. The van der Waals surface area contributed by atoms with Crippen LogP contribution in [0.25, 0.3) is 0 Å². The van der Waals surface area contributed by atoms with E-state index in [0.717, 1.165) is 57.8 Å². The minimum atomic E-state index is -1.08. The summed E-state index contributed by atoms with van der Waals surface area (Å²) in [6.07, 6.45) is 45.5. The number of hydrogen-bond donors (Lipinski definition) is 2. The molecule has 61 heavy (non-hydrogen) atoms. The molecular weight excluding hydrogens is 783 g/mol. The highest BCUT2D eigenvalue weighted by molar-refractivity contribution is 7.99. The van der Waals surface area contributed by atoms with Crippen LogP contribution in [0.15, 0.2) is 0 Å². The molecule has 0 aromatic carbocycles. The second-order valence-corrected chi connectivity index (χ2v) is 19.1. The van der Waals surface area contributed by atoms with Crippen molar-refractivity contribution >= 4 is 35.6 Å². The van der Waals surface area contributed by atoms with Gasteiger partial charge in [-0.1, -0.05) is 239 Å². The van der Waals surface area contributed by atoms with E-state index in [1.54, 1.807) is 0 Å². The van der Waals surface area contributed by atoms with Crippen molar-refractivity contribution in [2.45, 2.75) is 290 Å². The van der Waals surface area contributed by atoms with Crippen LogP contribution >= 0.6 is 11.8 Å². The minimum Gasteiger partial charge on any atom is -0.480 e. The number of aliphatic carboxylic acids is 1. The van der Waals surface area contributed by atoms with Gasteiger partial charge in [-0.25, -0.2) is 4.79 Å². The zero-order valence-electron chi connectivity index (χ0n) is 40.4. The number of rotatable bonds is 49. The SMILES string of the molecule is CCCCCCCCCCCCCCCC(=O)NC(CSCC(COC(=O)CCCCCCCCCCCCCC)OC(=O)CCCCCCCCCCCCCC)C(=O)O. The van der Waals surface area contributed by atoms with Gasteiger partial charge in [0.2, 0.25) is 5.91 Å². The highest BCUT2D eigenvalue weighted by Gasteiger charge is 2.23. The van der Waals surface area contributed by atoms with Gasteiger partial charge in [0.1, 0.15) is 18.8 Å². The maximum absolute atomic E-state index is 12.9. The molecule has 0 aliphatic rings. The number of carboxylic acid groups (broad SMARTS) is 1. The highest BCUT2D eigenvalue weighted by Crippen LogP contribution is 2.17. The number of carbonyl (C=O) groups excluding carboxylic acids is 3. The van der Waals surface area contributed by atoms with Gasteiger partial charge < -0.3 is 19.9 Å². The quantitative estimate of drug-likeness (QED) is 0.0458. The first kappa shape index (κ1) is 59.2. The largest absolute Gasteiger partial charge is 0.480 e. The monoisotopic (exact) mass is 882 g/mol. The number of carbonyl (C=O) groups is 4. The zero-order chi connectivity index (χ0) is 44.7. The average molecular weight is 882 g/mol. The van der Waals surface area contributed by atoms with E-state index in [0.29, 0.717) is 19.3 Å². The zero-order valence-corrected chi connectivity index (χ0v) is 41.2. The van der Waals surface area contributed by atoms with E-state index in [4.69, 9.17) is 9.47 Å². The van der Waals surface area contributed by atoms with Crippen molar-refractivity contribution in [3.8, 4) is 0 Å². The van der Waals surface area contributed by atoms with Crippen LogP contribution in [0.1, 0.15) is 278 Å². The first-order valence-corrected chi connectivity index (χ1v) is 27.4. The number of hydrogen-bond acceptors (Lipinski definition) is 7. The lowest BCUT2D eigenvalue weighted by molar-refractivity contribution is -0.157. The smallest absolute Gasteiger partial charge is 0.327 e. The molecule has 0 spiro atoms. The topological polar surface area (TPSA) is 119 Å². The number of nitrogens with one attached hydrogen (secondary N) is 1. The summed E-state index contributed by atoms with van der Waals surface area (Å²) in [5.41, 5.74) is 0. The van der Waals surface area contributed by atoms with Gasteiger partial charge in [0.25, 0.3) is 0 Å². The van der Waals surface area contributed by atoms with Crippen LogP contribution in [0.2, 0.25) is 0 Å². The molecule has 9 heteroatoms. The van der Waals surface area contributed by atoms with E-state index >= 15 is 0 Å². The van der Waals surface area contributed by atoms with Crippen molar-refractivity contribution in [3.63, 3.8) is 0 Å². The summed E-state index contributed by atoms with van der Waals surface area (Å²) in [4.78, 5) is 50.2. The van der Waals surface area contributed by atoms with E-state index in [1.165, 1.54) is 192 Å². The molecule has 1 amide bonds. The molecule has 0 saturated heterocycles. The van der Waals surface area contributed by atoms with Gasteiger partial charge in [-0.05, 0) is 19.3 Å². The summed E-state index contributed by atoms with van der Waals surface area (Å²) in [5.74, 6) is -1.50. The van der Waals surface area contributed by atoms with Gasteiger partial charge in [0, 0.05) is 30.8 Å². The molecule has 2 N–H and O–H groups in total. The molecule has 8 nitrogen and oxygen atoms in total. The Hall–Kier alpha value is -1.77. The lowest BCUT2D eigenvalue weighted by Gasteiger charge is -2.19. The Labute approximate surface area is 381 Å². The molecule has 360 valence electrons. The van der Waals surface area contributed by atoms with Crippen molar-refractivity contribution in [3.05, 3.63) is 0 Å². The number of esters is 2. The van der Waals surface area contributed by atoms with Crippen molar-refractivity contribution in [2.75, 3.05) is 18.1 Å². The van der Waals surface area contributed by atoms with Crippen molar-refractivity contribution in [1.29, 1.82) is 0 Å². The summed E-state index contributed by atoms with van der Waals surface area (Å²) >= 11 is 1.30. The third kappa shape index (κ3) is 44.6. The standard InChI is InChI=1S/C52H99NO7S/c1-4-7-10-13-16-19-22-25-26-29-32-35-38-41-49(54)53-48(52(57)58)46-61-45-47(60-51(56)43-40-37-34-31-28-24-21-18-15-12-9-6-3)44-59-50(55)42-39-36-33-30-27-23-20-17-14-11-8-5-2/h47-48H,4-46H2,1-3H3,(H,53,54)(H,57,58). The van der Waals surface area contributed by atoms with Crippen molar-refractivity contribution in [1.82, 2.24) is 5.32 Å². The first-order valence-electron chi connectivity index (χ1n) is 26.3. The van der Waals surface area contributed by atoms with E-state index < -0.39 is 18.1 Å². The van der Waals surface area contributed by atoms with Crippen LogP contribution in [0.4, 0.5) is 0 Å². The fraction of sp³-hybridized carbons (Fsp3) is 0.923. The Morgan fingerprint density at radius 2 is 0.738 bits per heavy atom. The highest BCUT2D eigenvalue weighted by atomic mass is 32.2. The Kier molecular flexibility index (Phi) is 46.3. The number of carboxylic acids is 1. The summed E-state index contributed by atoms with van der Waals surface area (Å²) in [6, 6.07) is -1.04. The fourth-order valence-electron chi connectivity index (χ4n) is 7.90. The molecule has 0 aromatic heterocycles. The van der Waals surface area contributed by atoms with Crippen molar-refractivity contribution < 1.29 is 33.8 Å². The molecule has 0 rings (SSSR count). The third-order valence-corrected chi connectivity index (χ3v) is 13.1. The summed E-state index contributed by atoms with van der Waals surface area (Å²) in [6.45, 7) is 6.71. The maximum atomic E-state index is 12.9. The number of ether oxygens (including phenoxy) is 2. The van der Waals surface area contributed by atoms with Gasteiger partial charge in [-0.15, -0.1) is 0 Å². The lowest BCUT2D eigenvalue weighted by atomic mass is 10.0.